The van der Waals surface area contributed by atoms with E-state index in [-0.39, 0.29) is 5.96 Å². The molecule has 142 valence electrons. The molecule has 0 aromatic heterocycles. The lowest BCUT2D eigenvalue weighted by Gasteiger charge is -2.12. The molecule has 0 fully saturated rings. The number of guanidine groups is 1. The summed E-state index contributed by atoms with van der Waals surface area (Å²) in [6, 6.07) is 10.7. The molecule has 2 aromatic rings. The third kappa shape index (κ3) is 5.39. The van der Waals surface area contributed by atoms with Crippen molar-refractivity contribution in [1.82, 2.24) is 0 Å². The molecule has 7 nitrogen and oxygen atoms in total. The molecule has 0 atom stereocenters. The van der Waals surface area contributed by atoms with E-state index in [1.54, 1.807) is 57.7 Å². The molecule has 0 aliphatic heterocycles. The largest absolute Gasteiger partial charge is 0.496 e. The van der Waals surface area contributed by atoms with Gasteiger partial charge in [0.1, 0.15) is 17.2 Å². The quantitative estimate of drug-likeness (QED) is 0.431. The smallest absolute Gasteiger partial charge is 0.211 e. The molecule has 0 spiro atoms. The SMILES string of the molecule is COc1cc(OC)c(/C=C/C(=N/N=C(N)N)c2ccc(Cl)cc2)c(OC)c1. The fraction of sp³-hybridized carbons (Fsp3) is 0.158. The molecular weight excluding hydrogens is 368 g/mol. The predicted molar refractivity (Wildman–Crippen MR) is 109 cm³/mol. The summed E-state index contributed by atoms with van der Waals surface area (Å²) < 4.78 is 16.2. The monoisotopic (exact) mass is 388 g/mol. The van der Waals surface area contributed by atoms with Gasteiger partial charge in [0.2, 0.25) is 5.96 Å². The Morgan fingerprint density at radius 3 is 2.00 bits per heavy atom. The first-order chi connectivity index (χ1) is 13.0. The molecule has 0 radical (unpaired) electrons. The zero-order chi connectivity index (χ0) is 19.8. The van der Waals surface area contributed by atoms with Crippen LogP contribution >= 0.6 is 11.6 Å². The lowest BCUT2D eigenvalue weighted by Crippen LogP contribution is -2.22. The highest BCUT2D eigenvalue weighted by atomic mass is 35.5. The van der Waals surface area contributed by atoms with Crippen molar-refractivity contribution in [3.8, 4) is 17.2 Å². The van der Waals surface area contributed by atoms with Gasteiger partial charge in [-0.15, -0.1) is 10.2 Å². The highest BCUT2D eigenvalue weighted by Crippen LogP contribution is 2.35. The van der Waals surface area contributed by atoms with Gasteiger partial charge < -0.3 is 25.7 Å². The van der Waals surface area contributed by atoms with Crippen molar-refractivity contribution in [2.45, 2.75) is 0 Å². The Morgan fingerprint density at radius 2 is 1.52 bits per heavy atom. The number of allylic oxidation sites excluding steroid dienone is 1. The van der Waals surface area contributed by atoms with Crippen molar-refractivity contribution in [3.63, 3.8) is 0 Å². The molecule has 2 aromatic carbocycles. The zero-order valence-electron chi connectivity index (χ0n) is 15.3. The average Bonchev–Trinajstić information content (AvgIpc) is 2.68. The van der Waals surface area contributed by atoms with E-state index in [1.165, 1.54) is 0 Å². The minimum absolute atomic E-state index is 0.144. The number of hydrogen-bond donors (Lipinski definition) is 2. The Morgan fingerprint density at radius 1 is 0.926 bits per heavy atom. The van der Waals surface area contributed by atoms with Crippen LogP contribution in [0.15, 0.2) is 52.7 Å². The summed E-state index contributed by atoms with van der Waals surface area (Å²) in [6.07, 6.45) is 3.55. The highest BCUT2D eigenvalue weighted by molar-refractivity contribution is 6.30. The van der Waals surface area contributed by atoms with E-state index in [2.05, 4.69) is 10.2 Å². The highest BCUT2D eigenvalue weighted by Gasteiger charge is 2.11. The van der Waals surface area contributed by atoms with E-state index in [9.17, 15) is 0 Å². The fourth-order valence-corrected chi connectivity index (χ4v) is 2.40. The number of methoxy groups -OCH3 is 3. The second-order valence-corrected chi connectivity index (χ2v) is 5.73. The fourth-order valence-electron chi connectivity index (χ4n) is 2.28. The number of ether oxygens (including phenoxy) is 3. The summed E-state index contributed by atoms with van der Waals surface area (Å²) in [5.74, 6) is 1.64. The predicted octanol–water partition coefficient (Wildman–Crippen LogP) is 3.06. The van der Waals surface area contributed by atoms with E-state index in [1.807, 2.05) is 12.1 Å². The molecule has 27 heavy (non-hydrogen) atoms. The van der Waals surface area contributed by atoms with Gasteiger partial charge in [0.05, 0.1) is 32.6 Å². The van der Waals surface area contributed by atoms with Gasteiger partial charge in [-0.1, -0.05) is 23.7 Å². The zero-order valence-corrected chi connectivity index (χ0v) is 16.0. The van der Waals surface area contributed by atoms with Crippen molar-refractivity contribution in [3.05, 3.63) is 58.6 Å². The van der Waals surface area contributed by atoms with Gasteiger partial charge in [-0.25, -0.2) is 0 Å². The molecule has 0 unspecified atom stereocenters. The summed E-state index contributed by atoms with van der Waals surface area (Å²) >= 11 is 5.95. The van der Waals surface area contributed by atoms with Gasteiger partial charge in [-0.2, -0.15) is 0 Å². The van der Waals surface area contributed by atoms with Crippen molar-refractivity contribution >= 4 is 29.3 Å². The number of rotatable bonds is 7. The van der Waals surface area contributed by atoms with Crippen LogP contribution in [0.5, 0.6) is 17.2 Å². The van der Waals surface area contributed by atoms with Crippen molar-refractivity contribution < 1.29 is 14.2 Å². The van der Waals surface area contributed by atoms with E-state index < -0.39 is 0 Å². The summed E-state index contributed by atoms with van der Waals surface area (Å²) in [5.41, 5.74) is 12.8. The second-order valence-electron chi connectivity index (χ2n) is 5.30. The van der Waals surface area contributed by atoms with Crippen LogP contribution in [-0.2, 0) is 0 Å². The lowest BCUT2D eigenvalue weighted by molar-refractivity contribution is 0.374. The summed E-state index contributed by atoms with van der Waals surface area (Å²) in [7, 11) is 4.71. The Hall–Kier alpha value is -3.19. The molecule has 0 bridgehead atoms. The standard InChI is InChI=1S/C19H21ClN4O3/c1-25-14-10-17(26-2)15(18(11-14)27-3)8-9-16(23-24-19(21)22)12-4-6-13(20)7-5-12/h4-11H,1-3H3,(H4,21,22,24)/b9-8+,23-16-. The Bertz CT molecular complexity index is 848. The molecular formula is C19H21ClN4O3. The van der Waals surface area contributed by atoms with E-state index >= 15 is 0 Å². The third-order valence-electron chi connectivity index (χ3n) is 3.57. The number of hydrogen-bond acceptors (Lipinski definition) is 5. The van der Waals surface area contributed by atoms with Gasteiger partial charge >= 0.3 is 0 Å². The van der Waals surface area contributed by atoms with Crippen LogP contribution in [0.3, 0.4) is 0 Å². The normalized spacial score (nSPS) is 11.3. The topological polar surface area (TPSA) is 104 Å². The first-order valence-electron chi connectivity index (χ1n) is 7.89. The molecule has 8 heteroatoms. The number of nitrogens with two attached hydrogens (primary N) is 2. The van der Waals surface area contributed by atoms with Crippen LogP contribution in [0.2, 0.25) is 5.02 Å². The minimum atomic E-state index is -0.144. The van der Waals surface area contributed by atoms with Crippen LogP contribution in [-0.4, -0.2) is 33.0 Å². The van der Waals surface area contributed by atoms with E-state index in [4.69, 9.17) is 37.3 Å². The summed E-state index contributed by atoms with van der Waals surface area (Å²) in [6.45, 7) is 0. The van der Waals surface area contributed by atoms with Gasteiger partial charge in [0.15, 0.2) is 0 Å². The molecule has 0 aliphatic rings. The Balaban J connectivity index is 2.51. The van der Waals surface area contributed by atoms with Gasteiger partial charge in [0.25, 0.3) is 0 Å². The third-order valence-corrected chi connectivity index (χ3v) is 3.83. The van der Waals surface area contributed by atoms with Crippen molar-refractivity contribution in [2.24, 2.45) is 21.7 Å². The van der Waals surface area contributed by atoms with Crippen molar-refractivity contribution in [1.29, 1.82) is 0 Å². The van der Waals surface area contributed by atoms with Gasteiger partial charge in [-0.05, 0) is 24.3 Å². The molecule has 0 saturated heterocycles. The molecule has 0 saturated carbocycles. The summed E-state index contributed by atoms with van der Waals surface area (Å²) in [4.78, 5) is 0. The molecule has 2 rings (SSSR count). The molecule has 0 heterocycles. The maximum absolute atomic E-state index is 5.95. The Kier molecular flexibility index (Phi) is 7.08. The van der Waals surface area contributed by atoms with Crippen LogP contribution in [0.1, 0.15) is 11.1 Å². The van der Waals surface area contributed by atoms with E-state index in [0.29, 0.717) is 33.5 Å². The number of benzene rings is 2. The minimum Gasteiger partial charge on any atom is -0.496 e. The van der Waals surface area contributed by atoms with Gasteiger partial charge in [0, 0.05) is 22.7 Å². The van der Waals surface area contributed by atoms with E-state index in [0.717, 1.165) is 5.56 Å². The van der Waals surface area contributed by atoms with Crippen LogP contribution in [0.25, 0.3) is 6.08 Å². The lowest BCUT2D eigenvalue weighted by atomic mass is 10.1. The number of halogens is 1. The average molecular weight is 389 g/mol. The molecule has 0 amide bonds. The summed E-state index contributed by atoms with van der Waals surface area (Å²) in [5, 5.41) is 8.46. The van der Waals surface area contributed by atoms with Crippen LogP contribution < -0.4 is 25.7 Å². The van der Waals surface area contributed by atoms with Crippen LogP contribution in [0.4, 0.5) is 0 Å². The Labute approximate surface area is 162 Å². The molecule has 4 N–H and O–H groups in total. The maximum atomic E-state index is 5.95. The second kappa shape index (κ2) is 9.49. The maximum Gasteiger partial charge on any atom is 0.211 e. The van der Waals surface area contributed by atoms with Gasteiger partial charge in [-0.3, -0.25) is 0 Å². The first-order valence-corrected chi connectivity index (χ1v) is 8.27. The first kappa shape index (κ1) is 20.1. The van der Waals surface area contributed by atoms with Crippen LogP contribution in [0, 0.1) is 0 Å². The van der Waals surface area contributed by atoms with Crippen molar-refractivity contribution in [2.75, 3.05) is 21.3 Å². The number of nitrogens with zero attached hydrogens (tertiary/aromatic N) is 2. The molecule has 0 aliphatic carbocycles.